The molecule has 0 heterocycles. The number of aliphatic hydroxyl groups is 1. The fourth-order valence-corrected chi connectivity index (χ4v) is 3.23. The Labute approximate surface area is 145 Å². The van der Waals surface area contributed by atoms with Gasteiger partial charge in [0.2, 0.25) is 5.91 Å². The lowest BCUT2D eigenvalue weighted by molar-refractivity contribution is -0.125. The molecular formula is C19H30N2O3. The molecule has 5 nitrogen and oxygen atoms in total. The minimum absolute atomic E-state index is 0.0403. The van der Waals surface area contributed by atoms with Crippen LogP contribution in [0.5, 0.6) is 5.75 Å². The number of ether oxygens (including phenoxy) is 1. The van der Waals surface area contributed by atoms with Gasteiger partial charge in [-0.15, -0.1) is 0 Å². The van der Waals surface area contributed by atoms with Crippen LogP contribution in [0.15, 0.2) is 24.3 Å². The molecule has 134 valence electrons. The van der Waals surface area contributed by atoms with E-state index in [9.17, 15) is 9.90 Å². The summed E-state index contributed by atoms with van der Waals surface area (Å²) in [7, 11) is 3.61. The third kappa shape index (κ3) is 5.21. The smallest absolute Gasteiger partial charge is 0.237 e. The number of likely N-dealkylation sites (N-methyl/N-ethyl adjacent to an activating group) is 1. The molecule has 1 amide bonds. The number of aliphatic hydroxyl groups excluding tert-OH is 1. The fraction of sp³-hybridized carbons (Fsp3) is 0.632. The summed E-state index contributed by atoms with van der Waals surface area (Å²) in [5, 5.41) is 12.9. The molecule has 1 fully saturated rings. The highest BCUT2D eigenvalue weighted by molar-refractivity contribution is 5.81. The van der Waals surface area contributed by atoms with Crippen LogP contribution in [-0.2, 0) is 11.2 Å². The quantitative estimate of drug-likeness (QED) is 0.761. The molecule has 1 aromatic carbocycles. The Balaban J connectivity index is 1.72. The third-order valence-corrected chi connectivity index (χ3v) is 5.05. The minimum atomic E-state index is -0.210. The van der Waals surface area contributed by atoms with Crippen LogP contribution in [0, 0.1) is 5.92 Å². The average Bonchev–Trinajstić information content (AvgIpc) is 2.99. The first-order chi connectivity index (χ1) is 11.5. The zero-order chi connectivity index (χ0) is 17.5. The summed E-state index contributed by atoms with van der Waals surface area (Å²) in [6, 6.07) is 7.71. The van der Waals surface area contributed by atoms with Crippen molar-refractivity contribution in [3.05, 3.63) is 29.8 Å². The van der Waals surface area contributed by atoms with E-state index in [0.717, 1.165) is 38.0 Å². The number of rotatable bonds is 8. The third-order valence-electron chi connectivity index (χ3n) is 5.05. The van der Waals surface area contributed by atoms with E-state index < -0.39 is 0 Å². The van der Waals surface area contributed by atoms with Gasteiger partial charge in [0, 0.05) is 13.1 Å². The molecule has 5 heteroatoms. The van der Waals surface area contributed by atoms with Crippen LogP contribution >= 0.6 is 0 Å². The van der Waals surface area contributed by atoms with Gasteiger partial charge in [-0.3, -0.25) is 9.69 Å². The van der Waals surface area contributed by atoms with Gasteiger partial charge in [-0.05, 0) is 56.8 Å². The Kier molecular flexibility index (Phi) is 7.06. The maximum atomic E-state index is 12.3. The lowest BCUT2D eigenvalue weighted by Gasteiger charge is -2.27. The number of carbonyl (C=O) groups excluding carboxylic acids is 1. The van der Waals surface area contributed by atoms with Gasteiger partial charge in [-0.2, -0.15) is 0 Å². The topological polar surface area (TPSA) is 61.8 Å². The number of benzene rings is 1. The van der Waals surface area contributed by atoms with E-state index in [-0.39, 0.29) is 18.1 Å². The van der Waals surface area contributed by atoms with Gasteiger partial charge < -0.3 is 15.2 Å². The Morgan fingerprint density at radius 3 is 2.67 bits per heavy atom. The predicted octanol–water partition coefficient (Wildman–Crippen LogP) is 1.84. The highest BCUT2D eigenvalue weighted by atomic mass is 16.5. The SMILES string of the molecule is COc1ccc(CCNC(=O)C(C)N(C)CC2CCCC2O)cc1. The zero-order valence-electron chi connectivity index (χ0n) is 15.0. The number of hydrogen-bond acceptors (Lipinski definition) is 4. The molecule has 3 unspecified atom stereocenters. The number of nitrogens with zero attached hydrogens (tertiary/aromatic N) is 1. The van der Waals surface area contributed by atoms with Crippen LogP contribution in [0.3, 0.4) is 0 Å². The van der Waals surface area contributed by atoms with Crippen LogP contribution in [0.4, 0.5) is 0 Å². The normalized spacial score (nSPS) is 21.7. The molecular weight excluding hydrogens is 304 g/mol. The number of amides is 1. The minimum Gasteiger partial charge on any atom is -0.497 e. The summed E-state index contributed by atoms with van der Waals surface area (Å²) in [5.41, 5.74) is 1.17. The highest BCUT2D eigenvalue weighted by Crippen LogP contribution is 2.26. The summed E-state index contributed by atoms with van der Waals surface area (Å²) >= 11 is 0. The number of nitrogens with one attached hydrogen (secondary N) is 1. The molecule has 24 heavy (non-hydrogen) atoms. The van der Waals surface area contributed by atoms with E-state index in [1.165, 1.54) is 5.56 Å². The molecule has 0 aromatic heterocycles. The predicted molar refractivity (Wildman–Crippen MR) is 95.1 cm³/mol. The molecule has 1 aliphatic rings. The second kappa shape index (κ2) is 9.04. The van der Waals surface area contributed by atoms with E-state index in [4.69, 9.17) is 4.74 Å². The van der Waals surface area contributed by atoms with Crippen molar-refractivity contribution in [1.82, 2.24) is 10.2 Å². The Bertz CT molecular complexity index is 518. The van der Waals surface area contributed by atoms with Crippen molar-refractivity contribution in [3.63, 3.8) is 0 Å². The van der Waals surface area contributed by atoms with Crippen molar-refractivity contribution in [3.8, 4) is 5.75 Å². The Morgan fingerprint density at radius 2 is 2.08 bits per heavy atom. The van der Waals surface area contributed by atoms with Crippen molar-refractivity contribution in [1.29, 1.82) is 0 Å². The lowest BCUT2D eigenvalue weighted by Crippen LogP contribution is -2.46. The molecule has 3 atom stereocenters. The van der Waals surface area contributed by atoms with Gasteiger partial charge in [-0.1, -0.05) is 18.6 Å². The first kappa shape index (κ1) is 18.7. The largest absolute Gasteiger partial charge is 0.497 e. The second-order valence-corrected chi connectivity index (χ2v) is 6.76. The molecule has 0 radical (unpaired) electrons. The van der Waals surface area contributed by atoms with Crippen LogP contribution in [0.2, 0.25) is 0 Å². The number of hydrogen-bond donors (Lipinski definition) is 2. The van der Waals surface area contributed by atoms with Crippen molar-refractivity contribution >= 4 is 5.91 Å². The first-order valence-electron chi connectivity index (χ1n) is 8.80. The molecule has 0 saturated heterocycles. The molecule has 1 aromatic rings. The number of carbonyl (C=O) groups is 1. The van der Waals surface area contributed by atoms with Gasteiger partial charge in [-0.25, -0.2) is 0 Å². The standard InChI is InChI=1S/C19H30N2O3/c1-14(21(2)13-16-5-4-6-18(16)22)19(23)20-12-11-15-7-9-17(24-3)10-8-15/h7-10,14,16,18,22H,4-6,11-13H2,1-3H3,(H,20,23). The Hall–Kier alpha value is -1.59. The zero-order valence-corrected chi connectivity index (χ0v) is 15.0. The molecule has 1 saturated carbocycles. The molecule has 1 aliphatic carbocycles. The summed E-state index contributed by atoms with van der Waals surface area (Å²) in [6.07, 6.45) is 3.62. The van der Waals surface area contributed by atoms with Gasteiger partial charge in [0.1, 0.15) is 5.75 Å². The fourth-order valence-electron chi connectivity index (χ4n) is 3.23. The lowest BCUT2D eigenvalue weighted by atomic mass is 10.0. The van der Waals surface area contributed by atoms with E-state index in [2.05, 4.69) is 5.32 Å². The van der Waals surface area contributed by atoms with Gasteiger partial charge in [0.15, 0.2) is 0 Å². The molecule has 0 bridgehead atoms. The summed E-state index contributed by atoms with van der Waals surface area (Å²) < 4.78 is 5.14. The molecule has 2 N–H and O–H groups in total. The van der Waals surface area contributed by atoms with Gasteiger partial charge in [0.05, 0.1) is 19.3 Å². The average molecular weight is 334 g/mol. The van der Waals surface area contributed by atoms with Crippen molar-refractivity contribution in [2.24, 2.45) is 5.92 Å². The summed E-state index contributed by atoms with van der Waals surface area (Å²) in [5.74, 6) is 1.18. The number of methoxy groups -OCH3 is 1. The van der Waals surface area contributed by atoms with E-state index in [1.807, 2.05) is 43.1 Å². The first-order valence-corrected chi connectivity index (χ1v) is 8.80. The maximum Gasteiger partial charge on any atom is 0.237 e. The van der Waals surface area contributed by atoms with Crippen LogP contribution in [0.25, 0.3) is 0 Å². The van der Waals surface area contributed by atoms with E-state index in [0.29, 0.717) is 12.5 Å². The van der Waals surface area contributed by atoms with Crippen molar-refractivity contribution in [2.75, 3.05) is 27.2 Å². The second-order valence-electron chi connectivity index (χ2n) is 6.76. The van der Waals surface area contributed by atoms with Gasteiger partial charge >= 0.3 is 0 Å². The summed E-state index contributed by atoms with van der Waals surface area (Å²) in [6.45, 7) is 3.31. The monoisotopic (exact) mass is 334 g/mol. The highest BCUT2D eigenvalue weighted by Gasteiger charge is 2.28. The maximum absolute atomic E-state index is 12.3. The van der Waals surface area contributed by atoms with Crippen LogP contribution in [-0.4, -0.2) is 55.3 Å². The van der Waals surface area contributed by atoms with Crippen molar-refractivity contribution in [2.45, 2.75) is 44.8 Å². The molecule has 2 rings (SSSR count). The molecule has 0 aliphatic heterocycles. The van der Waals surface area contributed by atoms with Crippen LogP contribution < -0.4 is 10.1 Å². The summed E-state index contributed by atoms with van der Waals surface area (Å²) in [4.78, 5) is 14.3. The molecule has 0 spiro atoms. The Morgan fingerprint density at radius 1 is 1.38 bits per heavy atom. The van der Waals surface area contributed by atoms with Gasteiger partial charge in [0.25, 0.3) is 0 Å². The van der Waals surface area contributed by atoms with Crippen LogP contribution in [0.1, 0.15) is 31.7 Å². The van der Waals surface area contributed by atoms with E-state index >= 15 is 0 Å². The van der Waals surface area contributed by atoms with E-state index in [1.54, 1.807) is 7.11 Å². The van der Waals surface area contributed by atoms with Crippen molar-refractivity contribution < 1.29 is 14.6 Å².